The van der Waals surface area contributed by atoms with Gasteiger partial charge in [-0.2, -0.15) is 0 Å². The van der Waals surface area contributed by atoms with Crippen molar-refractivity contribution in [1.82, 2.24) is 9.88 Å². The summed E-state index contributed by atoms with van der Waals surface area (Å²) in [4.78, 5) is 23.3. The molecule has 0 aliphatic heterocycles. The Morgan fingerprint density at radius 1 is 1.53 bits per heavy atom. The zero-order valence-corrected chi connectivity index (χ0v) is 10.7. The maximum Gasteiger partial charge on any atom is 0.593 e. The molecule has 19 heavy (non-hydrogen) atoms. The molecule has 1 rings (SSSR count). The minimum absolute atomic E-state index is 0.0323. The molecule has 0 spiro atoms. The van der Waals surface area contributed by atoms with Crippen molar-refractivity contribution in [3.8, 4) is 0 Å². The summed E-state index contributed by atoms with van der Waals surface area (Å²) in [6.45, 7) is 0. The Morgan fingerprint density at radius 3 is 2.74 bits per heavy atom. The first-order chi connectivity index (χ1) is 8.81. The maximum absolute atomic E-state index is 11.8. The third-order valence-electron chi connectivity index (χ3n) is 1.51. The molecule has 0 saturated carbocycles. The largest absolute Gasteiger partial charge is 0.593 e. The molecule has 0 fully saturated rings. The van der Waals surface area contributed by atoms with Crippen LogP contribution in [0.2, 0.25) is 0 Å². The van der Waals surface area contributed by atoms with Crippen molar-refractivity contribution >= 4 is 34.8 Å². The summed E-state index contributed by atoms with van der Waals surface area (Å²) >= 11 is 1.06. The highest BCUT2D eigenvalue weighted by Gasteiger charge is 2.31. The molecular weight excluding hydrogens is 285 g/mol. The van der Waals surface area contributed by atoms with Gasteiger partial charge in [0.1, 0.15) is 5.69 Å². The molecule has 6 nitrogen and oxygen atoms in total. The van der Waals surface area contributed by atoms with E-state index in [4.69, 9.17) is 0 Å². The number of carbonyl (C=O) groups excluding carboxylic acids is 1. The van der Waals surface area contributed by atoms with Crippen molar-refractivity contribution in [2.24, 2.45) is 10.1 Å². The lowest BCUT2D eigenvalue weighted by Gasteiger charge is -2.01. The fraction of sp³-hybridized carbons (Fsp3) is 0.333. The van der Waals surface area contributed by atoms with Crippen LogP contribution in [0.4, 0.5) is 18.3 Å². The van der Waals surface area contributed by atoms with Crippen LogP contribution < -0.4 is 0 Å². The van der Waals surface area contributed by atoms with E-state index >= 15 is 0 Å². The van der Waals surface area contributed by atoms with Crippen LogP contribution >= 0.6 is 11.3 Å². The molecule has 0 saturated heterocycles. The summed E-state index contributed by atoms with van der Waals surface area (Å²) in [6.07, 6.45) is -3.36. The first kappa shape index (κ1) is 15.1. The van der Waals surface area contributed by atoms with Gasteiger partial charge in [0.25, 0.3) is 0 Å². The highest BCUT2D eigenvalue weighted by Crippen LogP contribution is 2.20. The number of aliphatic imine (C=N–C) groups is 1. The molecule has 1 heterocycles. The van der Waals surface area contributed by atoms with Gasteiger partial charge in [0.15, 0.2) is 12.0 Å². The molecule has 1 aromatic rings. The van der Waals surface area contributed by atoms with Crippen LogP contribution in [0, 0.1) is 0 Å². The highest BCUT2D eigenvalue weighted by atomic mass is 32.1. The Kier molecular flexibility index (Phi) is 4.98. The van der Waals surface area contributed by atoms with Crippen molar-refractivity contribution in [3.63, 3.8) is 0 Å². The van der Waals surface area contributed by atoms with Gasteiger partial charge in [-0.25, -0.2) is 9.98 Å². The fourth-order valence-electron chi connectivity index (χ4n) is 0.836. The van der Waals surface area contributed by atoms with Crippen molar-refractivity contribution in [1.29, 1.82) is 0 Å². The molecule has 0 atom stereocenters. The van der Waals surface area contributed by atoms with Gasteiger partial charge in [-0.1, -0.05) is 5.16 Å². The van der Waals surface area contributed by atoms with Crippen LogP contribution in [-0.4, -0.2) is 48.7 Å². The first-order valence-corrected chi connectivity index (χ1v) is 5.64. The average Bonchev–Trinajstić information content (AvgIpc) is 2.74. The second-order valence-electron chi connectivity index (χ2n) is 3.35. The van der Waals surface area contributed by atoms with Crippen molar-refractivity contribution in [3.05, 3.63) is 11.1 Å². The third-order valence-corrected chi connectivity index (χ3v) is 2.26. The number of halogens is 3. The number of oxime groups is 1. The van der Waals surface area contributed by atoms with Crippen molar-refractivity contribution in [2.75, 3.05) is 14.1 Å². The van der Waals surface area contributed by atoms with Gasteiger partial charge in [-0.3, -0.25) is 9.63 Å². The van der Waals surface area contributed by atoms with Gasteiger partial charge in [0.05, 0.1) is 6.34 Å². The SMILES string of the molecule is CN(C)C=Nc1nc(C(C=O)=NOC(F)(F)F)cs1. The lowest BCUT2D eigenvalue weighted by molar-refractivity contribution is -0.325. The maximum atomic E-state index is 11.8. The van der Waals surface area contributed by atoms with E-state index in [1.807, 2.05) is 0 Å². The summed E-state index contributed by atoms with van der Waals surface area (Å²) < 4.78 is 35.4. The average molecular weight is 294 g/mol. The second-order valence-corrected chi connectivity index (χ2v) is 4.19. The summed E-state index contributed by atoms with van der Waals surface area (Å²) in [5.74, 6) is 0. The van der Waals surface area contributed by atoms with E-state index in [2.05, 4.69) is 20.0 Å². The monoisotopic (exact) mass is 294 g/mol. The minimum atomic E-state index is -4.95. The van der Waals surface area contributed by atoms with E-state index < -0.39 is 12.1 Å². The Hall–Kier alpha value is -1.97. The zero-order chi connectivity index (χ0) is 14.5. The van der Waals surface area contributed by atoms with Gasteiger partial charge < -0.3 is 4.90 Å². The van der Waals surface area contributed by atoms with Gasteiger partial charge in [-0.15, -0.1) is 24.5 Å². The van der Waals surface area contributed by atoms with Gasteiger partial charge in [-0.05, 0) is 0 Å². The number of alkyl halides is 3. The Morgan fingerprint density at radius 2 is 2.21 bits per heavy atom. The van der Waals surface area contributed by atoms with E-state index in [-0.39, 0.29) is 17.1 Å². The standard InChI is InChI=1S/C9H9F3N4O2S/c1-16(2)5-13-8-14-7(4-19-8)6(3-17)15-18-9(10,11)12/h3-5H,1-2H3. The Bertz CT molecular complexity index is 496. The zero-order valence-electron chi connectivity index (χ0n) is 9.88. The molecule has 0 aliphatic rings. The fourth-order valence-corrected chi connectivity index (χ4v) is 1.49. The number of aldehydes is 1. The van der Waals surface area contributed by atoms with Gasteiger partial charge >= 0.3 is 6.36 Å². The predicted octanol–water partition coefficient (Wildman–Crippen LogP) is 1.80. The molecule has 0 N–H and O–H groups in total. The number of hydrogen-bond acceptors (Lipinski definition) is 6. The second kappa shape index (κ2) is 6.27. The lowest BCUT2D eigenvalue weighted by Crippen LogP contribution is -2.12. The highest BCUT2D eigenvalue weighted by molar-refractivity contribution is 7.13. The van der Waals surface area contributed by atoms with Crippen LogP contribution in [0.15, 0.2) is 15.5 Å². The Balaban J connectivity index is 2.86. The number of carbonyl (C=O) groups is 1. The number of aromatic nitrogens is 1. The molecule has 0 unspecified atom stereocenters. The summed E-state index contributed by atoms with van der Waals surface area (Å²) in [6, 6.07) is 0. The molecule has 10 heteroatoms. The topological polar surface area (TPSA) is 67.2 Å². The number of nitrogens with zero attached hydrogens (tertiary/aromatic N) is 4. The molecule has 0 radical (unpaired) electrons. The molecule has 0 aliphatic carbocycles. The summed E-state index contributed by atoms with van der Waals surface area (Å²) in [5.41, 5.74) is -0.588. The van der Waals surface area contributed by atoms with Crippen LogP contribution in [-0.2, 0) is 9.63 Å². The van der Waals surface area contributed by atoms with Crippen molar-refractivity contribution < 1.29 is 22.8 Å². The van der Waals surface area contributed by atoms with Crippen molar-refractivity contribution in [2.45, 2.75) is 6.36 Å². The van der Waals surface area contributed by atoms with E-state index in [9.17, 15) is 18.0 Å². The summed E-state index contributed by atoms with van der Waals surface area (Å²) in [7, 11) is 3.49. The van der Waals surface area contributed by atoms with Gasteiger partial charge in [0, 0.05) is 19.5 Å². The lowest BCUT2D eigenvalue weighted by atomic mass is 10.3. The van der Waals surface area contributed by atoms with E-state index in [1.54, 1.807) is 19.0 Å². The number of thiazole rings is 1. The molecular formula is C9H9F3N4O2S. The predicted molar refractivity (Wildman–Crippen MR) is 63.7 cm³/mol. The third kappa shape index (κ3) is 5.46. The van der Waals surface area contributed by atoms with Gasteiger partial charge in [0.2, 0.25) is 5.13 Å². The summed E-state index contributed by atoms with van der Waals surface area (Å²) in [5, 5.41) is 4.34. The number of hydrogen-bond donors (Lipinski definition) is 0. The quantitative estimate of drug-likeness (QED) is 0.359. The first-order valence-electron chi connectivity index (χ1n) is 4.76. The minimum Gasteiger partial charge on any atom is -0.369 e. The molecule has 0 aromatic carbocycles. The molecule has 0 bridgehead atoms. The molecule has 0 amide bonds. The van der Waals surface area contributed by atoms with Crippen LogP contribution in [0.1, 0.15) is 5.69 Å². The number of rotatable bonds is 5. The molecule has 1 aromatic heterocycles. The van der Waals surface area contributed by atoms with Crippen LogP contribution in [0.25, 0.3) is 0 Å². The van der Waals surface area contributed by atoms with E-state index in [0.717, 1.165) is 11.3 Å². The van der Waals surface area contributed by atoms with E-state index in [0.29, 0.717) is 0 Å². The Labute approximate surface area is 110 Å². The van der Waals surface area contributed by atoms with Crippen LogP contribution in [0.3, 0.4) is 0 Å². The van der Waals surface area contributed by atoms with E-state index in [1.165, 1.54) is 11.7 Å². The molecule has 104 valence electrons. The normalized spacial score (nSPS) is 12.8. The smallest absolute Gasteiger partial charge is 0.369 e. The van der Waals surface area contributed by atoms with Crippen LogP contribution in [0.5, 0.6) is 0 Å².